The Morgan fingerprint density at radius 3 is 1.45 bits per heavy atom. The Bertz CT molecular complexity index is 273. The molecule has 0 aliphatic heterocycles. The zero-order chi connectivity index (χ0) is 16.5. The Kier molecular flexibility index (Phi) is 16.0. The Hall–Kier alpha value is -0.790. The van der Waals surface area contributed by atoms with Gasteiger partial charge in [0.2, 0.25) is 5.90 Å². The van der Waals surface area contributed by atoms with E-state index >= 15 is 0 Å². The Labute approximate surface area is 139 Å². The third-order valence-electron chi connectivity index (χ3n) is 4.13. The van der Waals surface area contributed by atoms with Gasteiger partial charge in [0.25, 0.3) is 0 Å². The molecule has 0 bridgehead atoms. The number of unbranched alkanes of at least 4 members (excludes halogenated alkanes) is 13. The van der Waals surface area contributed by atoms with E-state index in [4.69, 9.17) is 10.1 Å². The zero-order valence-corrected chi connectivity index (χ0v) is 15.2. The van der Waals surface area contributed by atoms with Crippen molar-refractivity contribution in [3.05, 3.63) is 12.2 Å². The van der Waals surface area contributed by atoms with Crippen LogP contribution in [0.3, 0.4) is 0 Å². The van der Waals surface area contributed by atoms with Crippen molar-refractivity contribution >= 4 is 5.90 Å². The highest BCUT2D eigenvalue weighted by Crippen LogP contribution is 2.13. The summed E-state index contributed by atoms with van der Waals surface area (Å²) in [6.07, 6.45) is 19.1. The molecule has 0 saturated heterocycles. The average Bonchev–Trinajstić information content (AvgIpc) is 2.50. The van der Waals surface area contributed by atoms with Crippen LogP contribution in [-0.4, -0.2) is 12.5 Å². The summed E-state index contributed by atoms with van der Waals surface area (Å²) in [6, 6.07) is 0. The second-order valence-corrected chi connectivity index (χ2v) is 6.55. The standard InChI is InChI=1S/C20H39NO/c1-4-5-6-7-8-9-10-11-12-13-14-15-16-17-18-22-20(21)19(2)3/h21H,2,4-18H2,1,3H3. The van der Waals surface area contributed by atoms with Gasteiger partial charge in [0.05, 0.1) is 6.61 Å². The van der Waals surface area contributed by atoms with E-state index in [1.54, 1.807) is 0 Å². The quantitative estimate of drug-likeness (QED) is 0.185. The van der Waals surface area contributed by atoms with Crippen LogP contribution in [0.25, 0.3) is 0 Å². The number of ether oxygens (including phenoxy) is 1. The van der Waals surface area contributed by atoms with E-state index in [9.17, 15) is 0 Å². The predicted octanol–water partition coefficient (Wildman–Crippen LogP) is 7.04. The van der Waals surface area contributed by atoms with Crippen LogP contribution in [0.15, 0.2) is 12.2 Å². The van der Waals surface area contributed by atoms with E-state index < -0.39 is 0 Å². The fraction of sp³-hybridized carbons (Fsp3) is 0.850. The highest BCUT2D eigenvalue weighted by Gasteiger charge is 1.98. The number of hydrogen-bond acceptors (Lipinski definition) is 2. The smallest absolute Gasteiger partial charge is 0.208 e. The third kappa shape index (κ3) is 15.6. The molecule has 0 heterocycles. The van der Waals surface area contributed by atoms with Crippen molar-refractivity contribution in [2.75, 3.05) is 6.61 Å². The van der Waals surface area contributed by atoms with Gasteiger partial charge in [0, 0.05) is 5.57 Å². The van der Waals surface area contributed by atoms with Gasteiger partial charge in [0.1, 0.15) is 0 Å². The molecule has 0 aliphatic carbocycles. The van der Waals surface area contributed by atoms with Crippen LogP contribution in [-0.2, 0) is 4.74 Å². The van der Waals surface area contributed by atoms with Crippen molar-refractivity contribution in [2.45, 2.75) is 104 Å². The van der Waals surface area contributed by atoms with Gasteiger partial charge in [-0.2, -0.15) is 0 Å². The monoisotopic (exact) mass is 309 g/mol. The van der Waals surface area contributed by atoms with Gasteiger partial charge < -0.3 is 4.74 Å². The van der Waals surface area contributed by atoms with E-state index in [1.807, 2.05) is 6.92 Å². The summed E-state index contributed by atoms with van der Waals surface area (Å²) >= 11 is 0. The Balaban J connectivity index is 3.05. The maximum Gasteiger partial charge on any atom is 0.208 e. The van der Waals surface area contributed by atoms with Crippen molar-refractivity contribution in [1.29, 1.82) is 5.41 Å². The summed E-state index contributed by atoms with van der Waals surface area (Å²) in [5.74, 6) is 0.245. The summed E-state index contributed by atoms with van der Waals surface area (Å²) in [5, 5.41) is 7.50. The molecule has 22 heavy (non-hydrogen) atoms. The second kappa shape index (κ2) is 16.6. The fourth-order valence-corrected chi connectivity index (χ4v) is 2.59. The minimum absolute atomic E-state index is 0.245. The molecule has 0 radical (unpaired) electrons. The number of rotatable bonds is 16. The first-order valence-electron chi connectivity index (χ1n) is 9.55. The van der Waals surface area contributed by atoms with Crippen molar-refractivity contribution in [1.82, 2.24) is 0 Å². The average molecular weight is 310 g/mol. The number of hydrogen-bond donors (Lipinski definition) is 1. The lowest BCUT2D eigenvalue weighted by Gasteiger charge is -2.06. The Morgan fingerprint density at radius 2 is 1.09 bits per heavy atom. The van der Waals surface area contributed by atoms with Crippen LogP contribution in [0.4, 0.5) is 0 Å². The lowest BCUT2D eigenvalue weighted by molar-refractivity contribution is 0.290. The summed E-state index contributed by atoms with van der Waals surface area (Å²) in [5.41, 5.74) is 0.713. The lowest BCUT2D eigenvalue weighted by Crippen LogP contribution is -2.05. The molecule has 0 aromatic carbocycles. The SMILES string of the molecule is C=C(C)C(=N)OCCCCCCCCCCCCCCCC. The maximum atomic E-state index is 7.50. The van der Waals surface area contributed by atoms with Crippen LogP contribution in [0.2, 0.25) is 0 Å². The summed E-state index contributed by atoms with van der Waals surface area (Å²) < 4.78 is 5.29. The first-order valence-corrected chi connectivity index (χ1v) is 9.55. The highest BCUT2D eigenvalue weighted by molar-refractivity contribution is 5.89. The molecule has 0 aromatic rings. The molecule has 0 amide bonds. The van der Waals surface area contributed by atoms with E-state index in [-0.39, 0.29) is 5.90 Å². The van der Waals surface area contributed by atoms with Crippen LogP contribution in [0.1, 0.15) is 104 Å². The molecule has 2 nitrogen and oxygen atoms in total. The molecule has 0 atom stereocenters. The molecule has 130 valence electrons. The minimum Gasteiger partial charge on any atom is -0.478 e. The van der Waals surface area contributed by atoms with Crippen LogP contribution >= 0.6 is 0 Å². The summed E-state index contributed by atoms with van der Waals surface area (Å²) in [7, 11) is 0. The van der Waals surface area contributed by atoms with Gasteiger partial charge in [0.15, 0.2) is 0 Å². The van der Waals surface area contributed by atoms with Crippen molar-refractivity contribution in [3.63, 3.8) is 0 Å². The fourth-order valence-electron chi connectivity index (χ4n) is 2.59. The molecule has 0 aromatic heterocycles. The van der Waals surface area contributed by atoms with Gasteiger partial charge in [-0.3, -0.25) is 5.41 Å². The van der Waals surface area contributed by atoms with Crippen LogP contribution in [0.5, 0.6) is 0 Å². The molecule has 0 fully saturated rings. The Morgan fingerprint density at radius 1 is 0.727 bits per heavy atom. The van der Waals surface area contributed by atoms with Crippen molar-refractivity contribution in [3.8, 4) is 0 Å². The molecule has 0 aliphatic rings. The van der Waals surface area contributed by atoms with Crippen molar-refractivity contribution in [2.24, 2.45) is 0 Å². The zero-order valence-electron chi connectivity index (χ0n) is 15.2. The van der Waals surface area contributed by atoms with E-state index in [0.29, 0.717) is 12.2 Å². The molecular formula is C20H39NO. The van der Waals surface area contributed by atoms with Crippen molar-refractivity contribution < 1.29 is 4.74 Å². The normalized spacial score (nSPS) is 10.6. The second-order valence-electron chi connectivity index (χ2n) is 6.55. The first-order chi connectivity index (χ1) is 10.7. The molecule has 0 saturated carbocycles. The molecular weight excluding hydrogens is 270 g/mol. The van der Waals surface area contributed by atoms with Crippen LogP contribution in [0, 0.1) is 5.41 Å². The van der Waals surface area contributed by atoms with E-state index in [0.717, 1.165) is 6.42 Å². The molecule has 0 spiro atoms. The maximum absolute atomic E-state index is 7.50. The largest absolute Gasteiger partial charge is 0.478 e. The molecule has 0 unspecified atom stereocenters. The highest BCUT2D eigenvalue weighted by atomic mass is 16.5. The van der Waals surface area contributed by atoms with Gasteiger partial charge in [-0.25, -0.2) is 0 Å². The first kappa shape index (κ1) is 21.2. The third-order valence-corrected chi connectivity index (χ3v) is 4.13. The summed E-state index contributed by atoms with van der Waals surface area (Å²) in [6.45, 7) is 8.46. The predicted molar refractivity (Wildman–Crippen MR) is 98.8 cm³/mol. The van der Waals surface area contributed by atoms with Gasteiger partial charge >= 0.3 is 0 Å². The molecule has 0 rings (SSSR count). The minimum atomic E-state index is 0.245. The topological polar surface area (TPSA) is 33.1 Å². The van der Waals surface area contributed by atoms with Gasteiger partial charge in [-0.15, -0.1) is 0 Å². The van der Waals surface area contributed by atoms with Gasteiger partial charge in [-0.1, -0.05) is 97.0 Å². The molecule has 2 heteroatoms. The lowest BCUT2D eigenvalue weighted by atomic mass is 10.0. The van der Waals surface area contributed by atoms with E-state index in [1.165, 1.54) is 83.5 Å². The number of nitrogens with one attached hydrogen (secondary N) is 1. The van der Waals surface area contributed by atoms with Gasteiger partial charge in [-0.05, 0) is 13.3 Å². The molecule has 1 N–H and O–H groups in total. The van der Waals surface area contributed by atoms with E-state index in [2.05, 4.69) is 13.5 Å². The summed E-state index contributed by atoms with van der Waals surface area (Å²) in [4.78, 5) is 0. The van der Waals surface area contributed by atoms with Crippen LogP contribution < -0.4 is 0 Å².